The first-order chi connectivity index (χ1) is 10.1. The third kappa shape index (κ3) is 4.19. The van der Waals surface area contributed by atoms with E-state index in [2.05, 4.69) is 11.8 Å². The Balaban J connectivity index is 2.06. The smallest absolute Gasteiger partial charge is 0.142 e. The number of hydrogen-bond donors (Lipinski definition) is 1. The van der Waals surface area contributed by atoms with Crippen LogP contribution in [0.25, 0.3) is 0 Å². The zero-order valence-corrected chi connectivity index (χ0v) is 11.8. The van der Waals surface area contributed by atoms with Gasteiger partial charge in [-0.15, -0.1) is 0 Å². The largest absolute Gasteiger partial charge is 0.489 e. The molecule has 0 bridgehead atoms. The molecule has 2 aromatic rings. The minimum absolute atomic E-state index is 0.0487. The molecule has 0 heterocycles. The van der Waals surface area contributed by atoms with Crippen LogP contribution in [0.4, 0.5) is 8.78 Å². The van der Waals surface area contributed by atoms with Crippen molar-refractivity contribution in [3.63, 3.8) is 0 Å². The summed E-state index contributed by atoms with van der Waals surface area (Å²) in [5, 5.41) is 0.0487. The molecule has 2 N–H and O–H groups in total. The number of nitrogens with two attached hydrogens (primary N) is 1. The van der Waals surface area contributed by atoms with Crippen LogP contribution < -0.4 is 10.5 Å². The Morgan fingerprint density at radius 1 is 1.10 bits per heavy atom. The molecule has 0 atom stereocenters. The third-order valence-corrected chi connectivity index (χ3v) is 2.96. The quantitative estimate of drug-likeness (QED) is 0.881. The van der Waals surface area contributed by atoms with Gasteiger partial charge in [0.2, 0.25) is 0 Å². The molecule has 2 nitrogen and oxygen atoms in total. The average molecular weight is 308 g/mol. The van der Waals surface area contributed by atoms with Gasteiger partial charge in [-0.25, -0.2) is 8.78 Å². The predicted molar refractivity (Wildman–Crippen MR) is 78.1 cm³/mol. The Bertz CT molecular complexity index is 707. The van der Waals surface area contributed by atoms with Gasteiger partial charge < -0.3 is 10.5 Å². The van der Waals surface area contributed by atoms with Crippen molar-refractivity contribution >= 4 is 11.6 Å². The highest BCUT2D eigenvalue weighted by Gasteiger charge is 2.04. The minimum atomic E-state index is -0.517. The molecule has 0 saturated heterocycles. The molecule has 0 unspecified atom stereocenters. The fraction of sp³-hybridized carbons (Fsp3) is 0.125. The van der Waals surface area contributed by atoms with E-state index in [4.69, 9.17) is 22.1 Å². The molecule has 0 aliphatic carbocycles. The minimum Gasteiger partial charge on any atom is -0.489 e. The van der Waals surface area contributed by atoms with Crippen molar-refractivity contribution in [2.24, 2.45) is 5.73 Å². The maximum atomic E-state index is 13.7. The zero-order valence-electron chi connectivity index (χ0n) is 11.0. The maximum absolute atomic E-state index is 13.7. The molecular formula is C16H12ClF2NO. The van der Waals surface area contributed by atoms with E-state index in [9.17, 15) is 8.78 Å². The fourth-order valence-electron chi connectivity index (χ4n) is 1.63. The molecule has 2 rings (SSSR count). The lowest BCUT2D eigenvalue weighted by Crippen LogP contribution is -1.97. The second-order valence-electron chi connectivity index (χ2n) is 4.18. The Morgan fingerprint density at radius 3 is 2.57 bits per heavy atom. The molecule has 0 radical (unpaired) electrons. The van der Waals surface area contributed by atoms with Gasteiger partial charge in [-0.2, -0.15) is 0 Å². The number of halogens is 3. The summed E-state index contributed by atoms with van der Waals surface area (Å²) < 4.78 is 32.4. The van der Waals surface area contributed by atoms with Gasteiger partial charge in [-0.1, -0.05) is 29.5 Å². The molecule has 0 amide bonds. The van der Waals surface area contributed by atoms with Gasteiger partial charge in [0.1, 0.15) is 24.0 Å². The number of hydrogen-bond acceptors (Lipinski definition) is 2. The van der Waals surface area contributed by atoms with Crippen molar-refractivity contribution in [2.45, 2.75) is 6.61 Å². The first-order valence-electron chi connectivity index (χ1n) is 6.15. The van der Waals surface area contributed by atoms with Gasteiger partial charge in [0, 0.05) is 6.07 Å². The summed E-state index contributed by atoms with van der Waals surface area (Å²) in [5.74, 6) is 4.52. The summed E-state index contributed by atoms with van der Waals surface area (Å²) in [4.78, 5) is 0. The van der Waals surface area contributed by atoms with Crippen LogP contribution >= 0.6 is 11.6 Å². The van der Waals surface area contributed by atoms with Crippen molar-refractivity contribution in [1.29, 1.82) is 0 Å². The lowest BCUT2D eigenvalue weighted by molar-refractivity contribution is 0.304. The maximum Gasteiger partial charge on any atom is 0.142 e. The molecular weight excluding hydrogens is 296 g/mol. The molecule has 108 valence electrons. The van der Waals surface area contributed by atoms with Crippen LogP contribution in [0.1, 0.15) is 11.1 Å². The van der Waals surface area contributed by atoms with E-state index in [0.717, 1.165) is 0 Å². The van der Waals surface area contributed by atoms with E-state index < -0.39 is 11.6 Å². The van der Waals surface area contributed by atoms with Gasteiger partial charge in [-0.3, -0.25) is 0 Å². The topological polar surface area (TPSA) is 35.2 Å². The summed E-state index contributed by atoms with van der Waals surface area (Å²) in [7, 11) is 0. The summed E-state index contributed by atoms with van der Waals surface area (Å²) in [6.45, 7) is 0.279. The summed E-state index contributed by atoms with van der Waals surface area (Å²) in [6.07, 6.45) is 0. The van der Waals surface area contributed by atoms with E-state index in [-0.39, 0.29) is 23.7 Å². The Labute approximate surface area is 126 Å². The van der Waals surface area contributed by atoms with Gasteiger partial charge in [0.05, 0.1) is 17.1 Å². The van der Waals surface area contributed by atoms with Crippen LogP contribution in [0, 0.1) is 23.5 Å². The van der Waals surface area contributed by atoms with Gasteiger partial charge >= 0.3 is 0 Å². The van der Waals surface area contributed by atoms with Crippen LogP contribution in [-0.2, 0) is 6.61 Å². The van der Waals surface area contributed by atoms with Crippen molar-refractivity contribution in [3.05, 3.63) is 64.2 Å². The van der Waals surface area contributed by atoms with E-state index in [1.54, 1.807) is 12.1 Å². The fourth-order valence-corrected chi connectivity index (χ4v) is 1.75. The average Bonchev–Trinajstić information content (AvgIpc) is 2.47. The SMILES string of the molecule is NCC#Cc1ccc(OCc2ccc(Cl)c(F)c2)cc1F. The van der Waals surface area contributed by atoms with E-state index in [0.29, 0.717) is 11.3 Å². The normalized spacial score (nSPS) is 9.90. The van der Waals surface area contributed by atoms with Crippen LogP contribution in [-0.4, -0.2) is 6.54 Å². The van der Waals surface area contributed by atoms with E-state index >= 15 is 0 Å². The molecule has 0 saturated carbocycles. The van der Waals surface area contributed by atoms with Crippen LogP contribution in [0.5, 0.6) is 5.75 Å². The number of benzene rings is 2. The first kappa shape index (κ1) is 15.3. The lowest BCUT2D eigenvalue weighted by Gasteiger charge is -2.07. The van der Waals surface area contributed by atoms with Crippen molar-refractivity contribution < 1.29 is 13.5 Å². The summed E-state index contributed by atoms with van der Waals surface area (Å²) in [5.41, 5.74) is 6.09. The number of ether oxygens (including phenoxy) is 1. The third-order valence-electron chi connectivity index (χ3n) is 2.66. The Hall–Kier alpha value is -2.09. The zero-order chi connectivity index (χ0) is 15.2. The molecule has 0 aliphatic heterocycles. The highest BCUT2D eigenvalue weighted by atomic mass is 35.5. The molecule has 0 spiro atoms. The number of rotatable bonds is 3. The summed E-state index contributed by atoms with van der Waals surface area (Å²) in [6, 6.07) is 8.70. The van der Waals surface area contributed by atoms with E-state index in [1.165, 1.54) is 24.3 Å². The lowest BCUT2D eigenvalue weighted by atomic mass is 10.2. The van der Waals surface area contributed by atoms with Gasteiger partial charge in [0.15, 0.2) is 0 Å². The van der Waals surface area contributed by atoms with Crippen molar-refractivity contribution in [1.82, 2.24) is 0 Å². The highest BCUT2D eigenvalue weighted by Crippen LogP contribution is 2.19. The van der Waals surface area contributed by atoms with Crippen molar-refractivity contribution in [2.75, 3.05) is 6.54 Å². The second-order valence-corrected chi connectivity index (χ2v) is 4.59. The van der Waals surface area contributed by atoms with Gasteiger partial charge in [0.25, 0.3) is 0 Å². The van der Waals surface area contributed by atoms with E-state index in [1.807, 2.05) is 0 Å². The van der Waals surface area contributed by atoms with Gasteiger partial charge in [-0.05, 0) is 29.8 Å². The first-order valence-corrected chi connectivity index (χ1v) is 6.53. The summed E-state index contributed by atoms with van der Waals surface area (Å²) >= 11 is 5.59. The Morgan fingerprint density at radius 2 is 1.90 bits per heavy atom. The monoisotopic (exact) mass is 307 g/mol. The van der Waals surface area contributed by atoms with Crippen LogP contribution in [0.2, 0.25) is 5.02 Å². The molecule has 5 heteroatoms. The second kappa shape index (κ2) is 7.07. The molecule has 2 aromatic carbocycles. The van der Waals surface area contributed by atoms with Crippen LogP contribution in [0.15, 0.2) is 36.4 Å². The molecule has 0 aromatic heterocycles. The Kier molecular flexibility index (Phi) is 5.15. The van der Waals surface area contributed by atoms with Crippen molar-refractivity contribution in [3.8, 4) is 17.6 Å². The molecule has 21 heavy (non-hydrogen) atoms. The highest BCUT2D eigenvalue weighted by molar-refractivity contribution is 6.30. The molecule has 0 fully saturated rings. The predicted octanol–water partition coefficient (Wildman–Crippen LogP) is 3.51. The van der Waals surface area contributed by atoms with Crippen LogP contribution in [0.3, 0.4) is 0 Å². The standard InChI is InChI=1S/C16H12ClF2NO/c17-14-6-3-11(8-16(14)19)10-21-13-5-4-12(2-1-7-20)15(18)9-13/h3-6,8-9H,7,10,20H2. The molecule has 0 aliphatic rings.